The molecule has 0 aliphatic carbocycles. The maximum Gasteiger partial charge on any atom is 0.240 e. The molecule has 0 amide bonds. The lowest BCUT2D eigenvalue weighted by atomic mass is 10.1. The first-order chi connectivity index (χ1) is 12.5. The van der Waals surface area contributed by atoms with Gasteiger partial charge in [0, 0.05) is 30.8 Å². The summed E-state index contributed by atoms with van der Waals surface area (Å²) in [6, 6.07) is 12.7. The molecule has 0 saturated carbocycles. The highest BCUT2D eigenvalue weighted by molar-refractivity contribution is 8.00. The predicted molar refractivity (Wildman–Crippen MR) is 103 cm³/mol. The van der Waals surface area contributed by atoms with Crippen LogP contribution in [0.5, 0.6) is 0 Å². The Morgan fingerprint density at radius 2 is 1.58 bits per heavy atom. The highest BCUT2D eigenvalue weighted by Gasteiger charge is 2.16. The molecule has 1 aliphatic rings. The zero-order valence-electron chi connectivity index (χ0n) is 14.4. The normalized spacial score (nSPS) is 15.9. The molecule has 0 aromatic heterocycles. The summed E-state index contributed by atoms with van der Waals surface area (Å²) in [5.41, 5.74) is 1.69. The van der Waals surface area contributed by atoms with Crippen LogP contribution in [0.2, 0.25) is 0 Å². The fraction of sp³-hybridized carbons (Fsp3) is 0.368. The number of hydrogen-bond acceptors (Lipinski definition) is 4. The van der Waals surface area contributed by atoms with Crippen LogP contribution in [0.3, 0.4) is 0 Å². The first kappa shape index (κ1) is 19.4. The quantitative estimate of drug-likeness (QED) is 0.727. The molecule has 26 heavy (non-hydrogen) atoms. The molecular formula is C19H22FNO3S2. The van der Waals surface area contributed by atoms with Crippen LogP contribution in [-0.2, 0) is 14.8 Å². The number of sulfonamides is 1. The van der Waals surface area contributed by atoms with E-state index in [9.17, 15) is 12.8 Å². The third kappa shape index (κ3) is 5.30. The van der Waals surface area contributed by atoms with Crippen molar-refractivity contribution < 1.29 is 17.5 Å². The van der Waals surface area contributed by atoms with Gasteiger partial charge in [-0.1, -0.05) is 24.3 Å². The molecule has 2 aromatic rings. The third-order valence-corrected chi connectivity index (χ3v) is 7.12. The summed E-state index contributed by atoms with van der Waals surface area (Å²) in [7, 11) is -3.52. The average Bonchev–Trinajstić information content (AvgIpc) is 2.67. The van der Waals surface area contributed by atoms with E-state index in [1.807, 2.05) is 0 Å². The molecule has 1 aliphatic heterocycles. The Morgan fingerprint density at radius 3 is 2.19 bits per heavy atom. The molecule has 7 heteroatoms. The summed E-state index contributed by atoms with van der Waals surface area (Å²) >= 11 is 1.80. The van der Waals surface area contributed by atoms with Crippen LogP contribution in [-0.4, -0.2) is 39.2 Å². The van der Waals surface area contributed by atoms with Crippen LogP contribution < -0.4 is 4.72 Å². The summed E-state index contributed by atoms with van der Waals surface area (Å²) in [6.07, 6.45) is 2.06. The fourth-order valence-corrected chi connectivity index (χ4v) is 5.04. The van der Waals surface area contributed by atoms with Crippen LogP contribution in [0.15, 0.2) is 53.4 Å². The van der Waals surface area contributed by atoms with Crippen molar-refractivity contribution in [2.24, 2.45) is 0 Å². The van der Waals surface area contributed by atoms with Crippen molar-refractivity contribution in [1.29, 1.82) is 0 Å². The summed E-state index contributed by atoms with van der Waals surface area (Å²) in [4.78, 5) is 0.236. The fourth-order valence-electron chi connectivity index (χ4n) is 2.80. The van der Waals surface area contributed by atoms with Gasteiger partial charge >= 0.3 is 0 Å². The molecule has 3 rings (SSSR count). The van der Waals surface area contributed by atoms with Gasteiger partial charge in [0.15, 0.2) is 0 Å². The van der Waals surface area contributed by atoms with E-state index in [-0.39, 0.29) is 10.7 Å². The van der Waals surface area contributed by atoms with Gasteiger partial charge in [0.25, 0.3) is 0 Å². The van der Waals surface area contributed by atoms with Gasteiger partial charge in [-0.15, -0.1) is 0 Å². The van der Waals surface area contributed by atoms with Gasteiger partial charge in [-0.2, -0.15) is 11.8 Å². The molecule has 0 unspecified atom stereocenters. The number of nitrogens with one attached hydrogen (secondary N) is 1. The van der Waals surface area contributed by atoms with Crippen LogP contribution >= 0.6 is 11.8 Å². The van der Waals surface area contributed by atoms with Gasteiger partial charge in [-0.3, -0.25) is 0 Å². The number of hydrogen-bond donors (Lipinski definition) is 1. The molecular weight excluding hydrogens is 373 g/mol. The first-order valence-corrected chi connectivity index (χ1v) is 11.1. The Labute approximate surface area is 158 Å². The largest absolute Gasteiger partial charge is 0.381 e. The molecule has 1 N–H and O–H groups in total. The zero-order valence-corrected chi connectivity index (χ0v) is 16.0. The van der Waals surface area contributed by atoms with Gasteiger partial charge in [0.2, 0.25) is 10.0 Å². The predicted octanol–water partition coefficient (Wildman–Crippen LogP) is 3.68. The van der Waals surface area contributed by atoms with E-state index in [0.717, 1.165) is 42.9 Å². The van der Waals surface area contributed by atoms with E-state index >= 15 is 0 Å². The second-order valence-corrected chi connectivity index (χ2v) is 9.29. The maximum absolute atomic E-state index is 13.0. The zero-order chi connectivity index (χ0) is 18.4. The molecule has 140 valence electrons. The van der Waals surface area contributed by atoms with Gasteiger partial charge in [0.05, 0.1) is 4.90 Å². The van der Waals surface area contributed by atoms with Crippen molar-refractivity contribution in [3.8, 4) is 11.1 Å². The van der Waals surface area contributed by atoms with Crippen LogP contribution in [0.4, 0.5) is 4.39 Å². The molecule has 4 nitrogen and oxygen atoms in total. The minimum absolute atomic E-state index is 0.236. The minimum Gasteiger partial charge on any atom is -0.381 e. The molecule has 0 radical (unpaired) electrons. The van der Waals surface area contributed by atoms with Crippen molar-refractivity contribution in [1.82, 2.24) is 4.72 Å². The molecule has 2 aromatic carbocycles. The Hall–Kier alpha value is -1.41. The minimum atomic E-state index is -3.52. The Bertz CT molecular complexity index is 802. The highest BCUT2D eigenvalue weighted by atomic mass is 32.2. The molecule has 1 heterocycles. The Morgan fingerprint density at radius 1 is 1.00 bits per heavy atom. The SMILES string of the molecule is O=S(=O)(NCCSC1CCOCC1)c1ccc(-c2ccc(F)cc2)cc1. The number of benzene rings is 2. The van der Waals surface area contributed by atoms with Crippen LogP contribution in [0.25, 0.3) is 11.1 Å². The summed E-state index contributed by atoms with van der Waals surface area (Å²) < 4.78 is 45.7. The Balaban J connectivity index is 1.54. The lowest BCUT2D eigenvalue weighted by Crippen LogP contribution is -2.27. The van der Waals surface area contributed by atoms with E-state index in [4.69, 9.17) is 4.74 Å². The number of ether oxygens (including phenoxy) is 1. The molecule has 0 spiro atoms. The monoisotopic (exact) mass is 395 g/mol. The van der Waals surface area contributed by atoms with E-state index in [1.165, 1.54) is 12.1 Å². The van der Waals surface area contributed by atoms with E-state index in [2.05, 4.69) is 4.72 Å². The van der Waals surface area contributed by atoms with Crippen molar-refractivity contribution in [3.63, 3.8) is 0 Å². The maximum atomic E-state index is 13.0. The van der Waals surface area contributed by atoms with Crippen molar-refractivity contribution >= 4 is 21.8 Å². The summed E-state index contributed by atoms with van der Waals surface area (Å²) in [5, 5.41) is 0.559. The molecule has 1 saturated heterocycles. The average molecular weight is 396 g/mol. The summed E-state index contributed by atoms with van der Waals surface area (Å²) in [6.45, 7) is 2.00. The molecule has 1 fully saturated rings. The van der Waals surface area contributed by atoms with Gasteiger partial charge in [-0.05, 0) is 48.2 Å². The Kier molecular flexibility index (Phi) is 6.69. The van der Waals surface area contributed by atoms with Crippen LogP contribution in [0, 0.1) is 5.82 Å². The van der Waals surface area contributed by atoms with Crippen molar-refractivity contribution in [3.05, 3.63) is 54.3 Å². The van der Waals surface area contributed by atoms with Crippen LogP contribution in [0.1, 0.15) is 12.8 Å². The lowest BCUT2D eigenvalue weighted by Gasteiger charge is -2.21. The van der Waals surface area contributed by atoms with Crippen molar-refractivity contribution in [2.75, 3.05) is 25.5 Å². The summed E-state index contributed by atoms with van der Waals surface area (Å²) in [5.74, 6) is 0.452. The number of rotatable bonds is 7. The lowest BCUT2D eigenvalue weighted by molar-refractivity contribution is 0.100. The topological polar surface area (TPSA) is 55.4 Å². The second-order valence-electron chi connectivity index (χ2n) is 6.11. The first-order valence-electron chi connectivity index (χ1n) is 8.60. The smallest absolute Gasteiger partial charge is 0.240 e. The van der Waals surface area contributed by atoms with E-state index in [0.29, 0.717) is 11.8 Å². The van der Waals surface area contributed by atoms with E-state index < -0.39 is 10.0 Å². The molecule has 0 atom stereocenters. The van der Waals surface area contributed by atoms with Crippen molar-refractivity contribution in [2.45, 2.75) is 23.0 Å². The third-order valence-electron chi connectivity index (χ3n) is 4.26. The second kappa shape index (κ2) is 8.99. The van der Waals surface area contributed by atoms with Gasteiger partial charge < -0.3 is 4.74 Å². The number of halogens is 1. The van der Waals surface area contributed by atoms with E-state index in [1.54, 1.807) is 48.2 Å². The highest BCUT2D eigenvalue weighted by Crippen LogP contribution is 2.23. The number of thioether (sulfide) groups is 1. The molecule has 0 bridgehead atoms. The standard InChI is InChI=1S/C19H22FNO3S2/c20-17-5-1-15(2-6-17)16-3-7-19(8-4-16)26(22,23)21-11-14-25-18-9-12-24-13-10-18/h1-8,18,21H,9-14H2. The van der Waals surface area contributed by atoms with Gasteiger partial charge in [0.1, 0.15) is 5.82 Å². The van der Waals surface area contributed by atoms with Gasteiger partial charge in [-0.25, -0.2) is 17.5 Å².